The summed E-state index contributed by atoms with van der Waals surface area (Å²) in [6, 6.07) is 0. The van der Waals surface area contributed by atoms with Gasteiger partial charge in [0, 0.05) is 12.8 Å². The highest BCUT2D eigenvalue weighted by Crippen LogP contribution is 2.43. The summed E-state index contributed by atoms with van der Waals surface area (Å²) in [5.41, 5.74) is 0. The molecule has 0 aromatic heterocycles. The lowest BCUT2D eigenvalue weighted by Crippen LogP contribution is -2.30. The fourth-order valence-electron chi connectivity index (χ4n) is 5.16. The minimum Gasteiger partial charge on any atom is -0.462 e. The second kappa shape index (κ2) is 38.8. The predicted octanol–water partition coefficient (Wildman–Crippen LogP) is 8.83. The molecule has 12 nitrogen and oxygen atoms in total. The van der Waals surface area contributed by atoms with Crippen molar-refractivity contribution in [2.75, 3.05) is 26.4 Å². The Morgan fingerprint density at radius 2 is 1.16 bits per heavy atom. The van der Waals surface area contributed by atoms with Crippen LogP contribution >= 0.6 is 7.82 Å². The second-order valence-corrected chi connectivity index (χ2v) is 15.5. The maximum atomic E-state index is 12.6. The monoisotopic (exact) mass is 826 g/mol. The fraction of sp³-hybridized carbons (Fsp3) is 0.682. The molecule has 0 aliphatic carbocycles. The molecule has 5 N–H and O–H groups in total. The summed E-state index contributed by atoms with van der Waals surface area (Å²) in [4.78, 5) is 35.0. The molecule has 0 radical (unpaired) electrons. The van der Waals surface area contributed by atoms with Crippen LogP contribution in [0.25, 0.3) is 0 Å². The number of hydrogen-bond acceptors (Lipinski definition) is 11. The zero-order valence-electron chi connectivity index (χ0n) is 34.7. The summed E-state index contributed by atoms with van der Waals surface area (Å²) >= 11 is 0. The zero-order valence-corrected chi connectivity index (χ0v) is 35.6. The van der Waals surface area contributed by atoms with Crippen molar-refractivity contribution in [3.8, 4) is 0 Å². The summed E-state index contributed by atoms with van der Waals surface area (Å²) in [7, 11) is -4.68. The van der Waals surface area contributed by atoms with Crippen molar-refractivity contribution in [3.05, 3.63) is 72.9 Å². The normalized spacial score (nSPS) is 15.7. The summed E-state index contributed by atoms with van der Waals surface area (Å²) in [5, 5.41) is 38.6. The molecular weight excluding hydrogens is 751 g/mol. The van der Waals surface area contributed by atoms with Crippen LogP contribution in [-0.4, -0.2) is 88.1 Å². The SMILES string of the molecule is CCCCC/C=C\C/C=C\CCCCCCCC(=O)O[C@H](COC(=O)CCC[C@H](O)\C=C/C=C/C=C/[C@H](O)C/C=C\CCCCC)COP(=O)(O)OC[C@@H](O)CO. The Morgan fingerprint density at radius 3 is 1.79 bits per heavy atom. The van der Waals surface area contributed by atoms with Gasteiger partial charge in [-0.05, 0) is 70.6 Å². The molecule has 0 saturated heterocycles. The number of aliphatic hydroxyl groups excluding tert-OH is 4. The van der Waals surface area contributed by atoms with Crippen LogP contribution in [0.1, 0.15) is 142 Å². The van der Waals surface area contributed by atoms with Crippen molar-refractivity contribution in [1.29, 1.82) is 0 Å². The number of hydrogen-bond donors (Lipinski definition) is 5. The van der Waals surface area contributed by atoms with Gasteiger partial charge in [-0.2, -0.15) is 0 Å². The van der Waals surface area contributed by atoms with Crippen molar-refractivity contribution < 1.29 is 58.0 Å². The number of carbonyl (C=O) groups is 2. The Morgan fingerprint density at radius 1 is 0.614 bits per heavy atom. The number of unbranched alkanes of at least 4 members (excludes halogenated alkanes) is 11. The van der Waals surface area contributed by atoms with E-state index < -0.39 is 70.6 Å². The van der Waals surface area contributed by atoms with Gasteiger partial charge >= 0.3 is 19.8 Å². The molecule has 0 heterocycles. The summed E-state index contributed by atoms with van der Waals surface area (Å²) in [5.74, 6) is -1.19. The average molecular weight is 827 g/mol. The molecule has 0 aliphatic heterocycles. The van der Waals surface area contributed by atoms with Crippen LogP contribution in [0.5, 0.6) is 0 Å². The predicted molar refractivity (Wildman–Crippen MR) is 226 cm³/mol. The lowest BCUT2D eigenvalue weighted by Gasteiger charge is -2.20. The highest BCUT2D eigenvalue weighted by molar-refractivity contribution is 7.47. The van der Waals surface area contributed by atoms with Crippen LogP contribution in [0.2, 0.25) is 0 Å². The van der Waals surface area contributed by atoms with Gasteiger partial charge in [-0.1, -0.05) is 132 Å². The number of aliphatic hydroxyl groups is 4. The third kappa shape index (κ3) is 38.6. The Labute approximate surface area is 343 Å². The Balaban J connectivity index is 4.61. The molecule has 57 heavy (non-hydrogen) atoms. The van der Waals surface area contributed by atoms with Gasteiger partial charge in [0.15, 0.2) is 6.10 Å². The standard InChI is InChI=1S/C44H75O12P/c1-3-5-7-9-11-12-13-14-15-16-17-18-19-21-27-33-44(50)56-42(38-55-57(51,52)54-36-41(48)35-45)37-53-43(49)34-28-32-40(47)31-26-23-22-25-30-39(46)29-24-20-10-8-6-4-2/h11-12,14-15,20,22-26,30-31,39-42,45-48H,3-10,13,16-19,21,27-29,32-38H2,1-2H3,(H,51,52)/b12-11-,15-14-,23-22+,24-20-,30-25+,31-26-/t39-,40-,41+,42-/m1/s1. The van der Waals surface area contributed by atoms with Crippen LogP contribution in [0.3, 0.4) is 0 Å². The number of rotatable bonds is 38. The molecule has 0 saturated carbocycles. The molecule has 0 bridgehead atoms. The molecular formula is C44H75O12P. The van der Waals surface area contributed by atoms with E-state index in [4.69, 9.17) is 19.1 Å². The molecule has 13 heteroatoms. The number of phosphoric ester groups is 1. The quantitative estimate of drug-likeness (QED) is 0.0131. The molecule has 0 fully saturated rings. The highest BCUT2D eigenvalue weighted by atomic mass is 31.2. The van der Waals surface area contributed by atoms with Crippen LogP contribution in [0.4, 0.5) is 0 Å². The second-order valence-electron chi connectivity index (χ2n) is 14.1. The van der Waals surface area contributed by atoms with Crippen molar-refractivity contribution in [3.63, 3.8) is 0 Å². The minimum absolute atomic E-state index is 0.0252. The van der Waals surface area contributed by atoms with E-state index in [9.17, 15) is 34.4 Å². The Bertz CT molecular complexity index is 1210. The first kappa shape index (κ1) is 54.3. The zero-order chi connectivity index (χ0) is 42.2. The molecule has 1 unspecified atom stereocenters. The van der Waals surface area contributed by atoms with E-state index in [-0.39, 0.29) is 12.8 Å². The van der Waals surface area contributed by atoms with Crippen molar-refractivity contribution >= 4 is 19.8 Å². The minimum atomic E-state index is -4.68. The highest BCUT2D eigenvalue weighted by Gasteiger charge is 2.27. The van der Waals surface area contributed by atoms with E-state index in [0.29, 0.717) is 25.7 Å². The topological polar surface area (TPSA) is 189 Å². The van der Waals surface area contributed by atoms with Crippen molar-refractivity contribution in [2.45, 2.75) is 167 Å². The Hall–Kier alpha value is -2.67. The molecule has 0 aromatic carbocycles. The molecule has 0 rings (SSSR count). The molecule has 0 aliphatic rings. The van der Waals surface area contributed by atoms with Gasteiger partial charge in [0.25, 0.3) is 0 Å². The van der Waals surface area contributed by atoms with Gasteiger partial charge in [0.2, 0.25) is 0 Å². The smallest absolute Gasteiger partial charge is 0.462 e. The summed E-state index contributed by atoms with van der Waals surface area (Å²) in [6.07, 6.45) is 36.4. The van der Waals surface area contributed by atoms with Crippen molar-refractivity contribution in [1.82, 2.24) is 0 Å². The average Bonchev–Trinajstić information content (AvgIpc) is 3.19. The Kier molecular flexibility index (Phi) is 37.0. The maximum absolute atomic E-state index is 12.6. The first-order valence-corrected chi connectivity index (χ1v) is 22.6. The van der Waals surface area contributed by atoms with Crippen molar-refractivity contribution in [2.24, 2.45) is 0 Å². The van der Waals surface area contributed by atoms with Crippen LogP contribution in [0, 0.1) is 0 Å². The van der Waals surface area contributed by atoms with Gasteiger partial charge in [-0.15, -0.1) is 0 Å². The van der Waals surface area contributed by atoms with E-state index in [1.165, 1.54) is 32.1 Å². The number of phosphoric acid groups is 1. The lowest BCUT2D eigenvalue weighted by atomic mass is 10.1. The first-order valence-electron chi connectivity index (χ1n) is 21.1. The lowest BCUT2D eigenvalue weighted by molar-refractivity contribution is -0.161. The van der Waals surface area contributed by atoms with E-state index in [2.05, 4.69) is 48.8 Å². The number of esters is 2. The number of carbonyl (C=O) groups excluding carboxylic acids is 2. The summed E-state index contributed by atoms with van der Waals surface area (Å²) < 4.78 is 32.5. The van der Waals surface area contributed by atoms with Gasteiger partial charge in [0.1, 0.15) is 12.7 Å². The van der Waals surface area contributed by atoms with Gasteiger partial charge in [0.05, 0.1) is 32.0 Å². The van der Waals surface area contributed by atoms with Crippen LogP contribution in [-0.2, 0) is 32.7 Å². The van der Waals surface area contributed by atoms with Gasteiger partial charge in [-0.25, -0.2) is 4.57 Å². The number of allylic oxidation sites excluding steroid dienone is 9. The van der Waals surface area contributed by atoms with E-state index in [0.717, 1.165) is 57.8 Å². The third-order valence-corrected chi connectivity index (χ3v) is 9.47. The first-order chi connectivity index (χ1) is 27.5. The molecule has 5 atom stereocenters. The molecule has 0 spiro atoms. The molecule has 0 amide bonds. The van der Waals surface area contributed by atoms with Crippen LogP contribution < -0.4 is 0 Å². The maximum Gasteiger partial charge on any atom is 0.472 e. The van der Waals surface area contributed by atoms with Gasteiger partial charge in [-0.3, -0.25) is 18.6 Å². The number of ether oxygens (including phenoxy) is 2. The largest absolute Gasteiger partial charge is 0.472 e. The van der Waals surface area contributed by atoms with E-state index in [1.807, 2.05) is 6.08 Å². The van der Waals surface area contributed by atoms with E-state index >= 15 is 0 Å². The fourth-order valence-corrected chi connectivity index (χ4v) is 5.95. The third-order valence-electron chi connectivity index (χ3n) is 8.52. The summed E-state index contributed by atoms with van der Waals surface area (Å²) in [6.45, 7) is 1.97. The molecule has 328 valence electrons. The molecule has 0 aromatic rings. The van der Waals surface area contributed by atoms with Crippen LogP contribution in [0.15, 0.2) is 72.9 Å². The van der Waals surface area contributed by atoms with E-state index in [1.54, 1.807) is 36.5 Å². The van der Waals surface area contributed by atoms with Gasteiger partial charge < -0.3 is 34.8 Å².